The van der Waals surface area contributed by atoms with E-state index in [4.69, 9.17) is 0 Å². The second kappa shape index (κ2) is 11.3. The Labute approximate surface area is 224 Å². The lowest BCUT2D eigenvalue weighted by molar-refractivity contribution is 0.0991. The van der Waals surface area contributed by atoms with Crippen molar-refractivity contribution in [3.63, 3.8) is 0 Å². The number of aryl methyl sites for hydroxylation is 1. The quantitative estimate of drug-likeness (QED) is 0.311. The molecular formula is C33H33N3O2. The Kier molecular flexibility index (Phi) is 7.55. The van der Waals surface area contributed by atoms with Crippen LogP contribution in [-0.4, -0.2) is 32.0 Å². The Bertz CT molecular complexity index is 1410. The summed E-state index contributed by atoms with van der Waals surface area (Å²) in [4.78, 5) is 30.2. The van der Waals surface area contributed by atoms with Crippen LogP contribution in [0.5, 0.6) is 0 Å². The van der Waals surface area contributed by atoms with E-state index in [0.29, 0.717) is 22.7 Å². The van der Waals surface area contributed by atoms with Crippen LogP contribution in [0.1, 0.15) is 50.6 Å². The molecule has 5 nitrogen and oxygen atoms in total. The summed E-state index contributed by atoms with van der Waals surface area (Å²) in [5, 5.41) is 2.92. The van der Waals surface area contributed by atoms with Crippen LogP contribution in [0.25, 0.3) is 0 Å². The fourth-order valence-electron chi connectivity index (χ4n) is 5.22. The van der Waals surface area contributed by atoms with E-state index >= 15 is 0 Å². The molecule has 1 aliphatic heterocycles. The number of para-hydroxylation sites is 2. The van der Waals surface area contributed by atoms with Gasteiger partial charge in [-0.15, -0.1) is 0 Å². The number of piperidine rings is 1. The average molecular weight is 504 g/mol. The van der Waals surface area contributed by atoms with E-state index in [1.807, 2.05) is 50.4 Å². The fraction of sp³-hybridized carbons (Fsp3) is 0.212. The number of amides is 2. The molecule has 0 radical (unpaired) electrons. The monoisotopic (exact) mass is 503 g/mol. The molecule has 4 aromatic rings. The summed E-state index contributed by atoms with van der Waals surface area (Å²) in [7, 11) is 1.83. The zero-order chi connectivity index (χ0) is 26.5. The van der Waals surface area contributed by atoms with Crippen LogP contribution in [0.3, 0.4) is 0 Å². The number of carbonyl (C=O) groups is 2. The van der Waals surface area contributed by atoms with Gasteiger partial charge in [-0.1, -0.05) is 60.7 Å². The molecule has 38 heavy (non-hydrogen) atoms. The van der Waals surface area contributed by atoms with Gasteiger partial charge in [-0.3, -0.25) is 9.59 Å². The number of nitrogens with zero attached hydrogens (tertiary/aromatic N) is 2. The van der Waals surface area contributed by atoms with Crippen molar-refractivity contribution >= 4 is 28.9 Å². The predicted molar refractivity (Wildman–Crippen MR) is 155 cm³/mol. The van der Waals surface area contributed by atoms with E-state index in [2.05, 4.69) is 46.6 Å². The lowest BCUT2D eigenvalue weighted by Gasteiger charge is -2.36. The Morgan fingerprint density at radius 3 is 2.13 bits per heavy atom. The SMILES string of the molecule is Cc1ccccc1C(=O)Nc1ccc(C(=O)N(C)c2ccccc2N2CCC(c3ccccc3)CC2)cc1. The van der Waals surface area contributed by atoms with Crippen LogP contribution in [0.2, 0.25) is 0 Å². The highest BCUT2D eigenvalue weighted by Gasteiger charge is 2.24. The second-order valence-corrected chi connectivity index (χ2v) is 9.87. The molecule has 0 spiro atoms. The van der Waals surface area contributed by atoms with Crippen molar-refractivity contribution in [3.05, 3.63) is 125 Å². The summed E-state index contributed by atoms with van der Waals surface area (Å²) in [6.45, 7) is 3.82. The van der Waals surface area contributed by atoms with E-state index in [-0.39, 0.29) is 11.8 Å². The van der Waals surface area contributed by atoms with Crippen molar-refractivity contribution in [2.45, 2.75) is 25.7 Å². The normalized spacial score (nSPS) is 13.7. The summed E-state index contributed by atoms with van der Waals surface area (Å²) in [6.07, 6.45) is 2.18. The van der Waals surface area contributed by atoms with E-state index in [9.17, 15) is 9.59 Å². The van der Waals surface area contributed by atoms with Crippen LogP contribution in [-0.2, 0) is 0 Å². The third-order valence-corrected chi connectivity index (χ3v) is 7.43. The zero-order valence-corrected chi connectivity index (χ0v) is 21.9. The molecular weight excluding hydrogens is 470 g/mol. The number of carbonyl (C=O) groups excluding carboxylic acids is 2. The maximum Gasteiger partial charge on any atom is 0.258 e. The van der Waals surface area contributed by atoms with Gasteiger partial charge in [0.2, 0.25) is 0 Å². The highest BCUT2D eigenvalue weighted by atomic mass is 16.2. The van der Waals surface area contributed by atoms with Crippen molar-refractivity contribution in [1.29, 1.82) is 0 Å². The molecule has 0 bridgehead atoms. The Morgan fingerprint density at radius 1 is 0.789 bits per heavy atom. The van der Waals surface area contributed by atoms with Gasteiger partial charge in [0, 0.05) is 37.0 Å². The van der Waals surface area contributed by atoms with Gasteiger partial charge in [0.15, 0.2) is 0 Å². The third-order valence-electron chi connectivity index (χ3n) is 7.43. The fourth-order valence-corrected chi connectivity index (χ4v) is 5.22. The molecule has 192 valence electrons. The van der Waals surface area contributed by atoms with Gasteiger partial charge in [-0.2, -0.15) is 0 Å². The first-order valence-electron chi connectivity index (χ1n) is 13.2. The van der Waals surface area contributed by atoms with Gasteiger partial charge >= 0.3 is 0 Å². The second-order valence-electron chi connectivity index (χ2n) is 9.87. The molecule has 0 aliphatic carbocycles. The lowest BCUT2D eigenvalue weighted by Crippen LogP contribution is -2.35. The van der Waals surface area contributed by atoms with E-state index in [1.165, 1.54) is 5.56 Å². The highest BCUT2D eigenvalue weighted by Crippen LogP contribution is 2.35. The highest BCUT2D eigenvalue weighted by molar-refractivity contribution is 6.08. The lowest BCUT2D eigenvalue weighted by atomic mass is 9.89. The minimum Gasteiger partial charge on any atom is -0.370 e. The maximum atomic E-state index is 13.4. The van der Waals surface area contributed by atoms with Gasteiger partial charge in [-0.05, 0) is 79.3 Å². The van der Waals surface area contributed by atoms with Gasteiger partial charge in [0.25, 0.3) is 11.8 Å². The topological polar surface area (TPSA) is 52.7 Å². The number of benzene rings is 4. The van der Waals surface area contributed by atoms with Crippen molar-refractivity contribution in [2.24, 2.45) is 0 Å². The van der Waals surface area contributed by atoms with Crippen LogP contribution in [0, 0.1) is 6.92 Å². The van der Waals surface area contributed by atoms with Crippen LogP contribution in [0.4, 0.5) is 17.1 Å². The largest absolute Gasteiger partial charge is 0.370 e. The van der Waals surface area contributed by atoms with Crippen molar-refractivity contribution < 1.29 is 9.59 Å². The van der Waals surface area contributed by atoms with Gasteiger partial charge in [-0.25, -0.2) is 0 Å². The number of anilines is 3. The molecule has 1 N–H and O–H groups in total. The van der Waals surface area contributed by atoms with Crippen molar-refractivity contribution in [3.8, 4) is 0 Å². The standard InChI is InChI=1S/C33H33N3O2/c1-24-10-6-7-13-29(24)32(37)34-28-18-16-27(17-19-28)33(38)35(2)30-14-8-9-15-31(30)36-22-20-26(21-23-36)25-11-4-3-5-12-25/h3-19,26H,20-23H2,1-2H3,(H,34,37). The van der Waals surface area contributed by atoms with Crippen molar-refractivity contribution in [2.75, 3.05) is 35.3 Å². The van der Waals surface area contributed by atoms with Crippen LogP contribution < -0.4 is 15.1 Å². The Balaban J connectivity index is 1.26. The molecule has 4 aromatic carbocycles. The molecule has 1 fully saturated rings. The van der Waals surface area contributed by atoms with Crippen LogP contribution in [0.15, 0.2) is 103 Å². The molecule has 5 heteroatoms. The summed E-state index contributed by atoms with van der Waals surface area (Å²) in [5.41, 5.74) is 6.16. The Hall–Kier alpha value is -4.38. The molecule has 1 aliphatic rings. The van der Waals surface area contributed by atoms with Gasteiger partial charge in [0.05, 0.1) is 11.4 Å². The van der Waals surface area contributed by atoms with Gasteiger partial charge < -0.3 is 15.1 Å². The molecule has 0 saturated carbocycles. The summed E-state index contributed by atoms with van der Waals surface area (Å²) in [6, 6.07) is 33.4. The van der Waals surface area contributed by atoms with E-state index in [1.54, 1.807) is 35.2 Å². The smallest absolute Gasteiger partial charge is 0.258 e. The minimum absolute atomic E-state index is 0.0894. The van der Waals surface area contributed by atoms with Crippen molar-refractivity contribution in [1.82, 2.24) is 0 Å². The molecule has 0 unspecified atom stereocenters. The first kappa shape index (κ1) is 25.3. The minimum atomic E-state index is -0.163. The molecule has 1 heterocycles. The van der Waals surface area contributed by atoms with Gasteiger partial charge in [0.1, 0.15) is 0 Å². The number of nitrogens with one attached hydrogen (secondary N) is 1. The maximum absolute atomic E-state index is 13.4. The number of hydrogen-bond acceptors (Lipinski definition) is 3. The third kappa shape index (κ3) is 5.47. The summed E-state index contributed by atoms with van der Waals surface area (Å²) < 4.78 is 0. The summed E-state index contributed by atoms with van der Waals surface area (Å²) >= 11 is 0. The molecule has 2 amide bonds. The summed E-state index contributed by atoms with van der Waals surface area (Å²) in [5.74, 6) is 0.321. The number of hydrogen-bond donors (Lipinski definition) is 1. The average Bonchev–Trinajstić information content (AvgIpc) is 2.97. The molecule has 5 rings (SSSR count). The predicted octanol–water partition coefficient (Wildman–Crippen LogP) is 6.91. The first-order valence-corrected chi connectivity index (χ1v) is 13.2. The number of rotatable bonds is 6. The Morgan fingerprint density at radius 2 is 1.42 bits per heavy atom. The van der Waals surface area contributed by atoms with E-state index < -0.39 is 0 Å². The van der Waals surface area contributed by atoms with E-state index in [0.717, 1.165) is 42.9 Å². The zero-order valence-electron chi connectivity index (χ0n) is 21.9. The molecule has 1 saturated heterocycles. The molecule has 0 atom stereocenters. The molecule has 0 aromatic heterocycles. The van der Waals surface area contributed by atoms with Crippen LogP contribution >= 0.6 is 0 Å². The first-order chi connectivity index (χ1) is 18.5.